The lowest BCUT2D eigenvalue weighted by Gasteiger charge is -2.21. The minimum atomic E-state index is 0.123. The number of carbonyl (C=O) groups excluding carboxylic acids is 1. The number of nitrogens with zero attached hydrogens (tertiary/aromatic N) is 2. The normalized spacial score (nSPS) is 18.9. The van der Waals surface area contributed by atoms with Crippen LogP contribution in [0.2, 0.25) is 0 Å². The van der Waals surface area contributed by atoms with E-state index < -0.39 is 0 Å². The van der Waals surface area contributed by atoms with Crippen LogP contribution < -0.4 is 5.32 Å². The predicted octanol–water partition coefficient (Wildman–Crippen LogP) is 1.77. The summed E-state index contributed by atoms with van der Waals surface area (Å²) >= 11 is 0. The Morgan fingerprint density at radius 2 is 2.50 bits per heavy atom. The van der Waals surface area contributed by atoms with Crippen molar-refractivity contribution < 1.29 is 9.53 Å². The third kappa shape index (κ3) is 4.63. The van der Waals surface area contributed by atoms with Gasteiger partial charge in [-0.3, -0.25) is 4.79 Å². The number of ether oxygens (including phenoxy) is 1. The molecule has 1 atom stereocenters. The molecule has 112 valence electrons. The first-order chi connectivity index (χ1) is 9.79. The van der Waals surface area contributed by atoms with Crippen molar-refractivity contribution in [3.8, 4) is 0 Å². The summed E-state index contributed by atoms with van der Waals surface area (Å²) in [6, 6.07) is 0. The van der Waals surface area contributed by atoms with E-state index in [-0.39, 0.29) is 5.91 Å². The molecule has 2 heterocycles. The Morgan fingerprint density at radius 3 is 3.25 bits per heavy atom. The predicted molar refractivity (Wildman–Crippen MR) is 77.4 cm³/mol. The quantitative estimate of drug-likeness (QED) is 0.827. The molecule has 1 aliphatic rings. The van der Waals surface area contributed by atoms with Crippen LogP contribution in [0.3, 0.4) is 0 Å². The molecule has 0 spiro atoms. The molecule has 2 rings (SSSR count). The number of aryl methyl sites for hydroxylation is 2. The molecule has 1 fully saturated rings. The number of amides is 1. The van der Waals surface area contributed by atoms with E-state index in [9.17, 15) is 4.79 Å². The van der Waals surface area contributed by atoms with Crippen LogP contribution in [0.5, 0.6) is 0 Å². The second kappa shape index (κ2) is 8.04. The molecule has 5 heteroatoms. The first kappa shape index (κ1) is 15.0. The topological polar surface area (TPSA) is 56.2 Å². The van der Waals surface area contributed by atoms with Crippen molar-refractivity contribution in [1.82, 2.24) is 14.9 Å². The van der Waals surface area contributed by atoms with E-state index in [1.54, 1.807) is 6.20 Å². The van der Waals surface area contributed by atoms with Crippen LogP contribution in [0.15, 0.2) is 12.4 Å². The zero-order valence-corrected chi connectivity index (χ0v) is 12.3. The molecule has 0 aromatic carbocycles. The van der Waals surface area contributed by atoms with Crippen LogP contribution in [0.4, 0.5) is 0 Å². The Bertz CT molecular complexity index is 411. The van der Waals surface area contributed by atoms with Crippen LogP contribution in [-0.2, 0) is 22.5 Å². The van der Waals surface area contributed by atoms with Gasteiger partial charge in [0.2, 0.25) is 5.91 Å². The number of hydrogen-bond acceptors (Lipinski definition) is 3. The maximum absolute atomic E-state index is 11.8. The molecule has 20 heavy (non-hydrogen) atoms. The van der Waals surface area contributed by atoms with E-state index in [2.05, 4.69) is 21.8 Å². The second-order valence-electron chi connectivity index (χ2n) is 5.36. The smallest absolute Gasteiger partial charge is 0.221 e. The Labute approximate surface area is 120 Å². The third-order valence-electron chi connectivity index (χ3n) is 3.83. The molecule has 1 aliphatic heterocycles. The molecule has 1 amide bonds. The molecule has 1 aromatic heterocycles. The van der Waals surface area contributed by atoms with E-state index in [0.717, 1.165) is 44.8 Å². The maximum Gasteiger partial charge on any atom is 0.221 e. The fourth-order valence-corrected chi connectivity index (χ4v) is 2.62. The van der Waals surface area contributed by atoms with Gasteiger partial charge in [0.25, 0.3) is 0 Å². The second-order valence-corrected chi connectivity index (χ2v) is 5.36. The number of aromatic nitrogens is 2. The summed E-state index contributed by atoms with van der Waals surface area (Å²) in [4.78, 5) is 16.1. The van der Waals surface area contributed by atoms with Gasteiger partial charge in [-0.1, -0.05) is 6.92 Å². The number of nitrogens with one attached hydrogen (secondary N) is 1. The Kier molecular flexibility index (Phi) is 6.05. The van der Waals surface area contributed by atoms with Gasteiger partial charge in [0.1, 0.15) is 5.82 Å². The van der Waals surface area contributed by atoms with Crippen molar-refractivity contribution >= 4 is 5.91 Å². The van der Waals surface area contributed by atoms with Crippen LogP contribution in [0.25, 0.3) is 0 Å². The maximum atomic E-state index is 11.8. The summed E-state index contributed by atoms with van der Waals surface area (Å²) in [7, 11) is 0. The van der Waals surface area contributed by atoms with Gasteiger partial charge >= 0.3 is 0 Å². The summed E-state index contributed by atoms with van der Waals surface area (Å²) in [5, 5.41) is 3.00. The van der Waals surface area contributed by atoms with E-state index in [0.29, 0.717) is 18.9 Å². The Hall–Kier alpha value is -1.36. The van der Waals surface area contributed by atoms with Gasteiger partial charge in [0.15, 0.2) is 0 Å². The SMILES string of the molecule is CCc1nccn1CCC(=O)NCC[C@@H]1CCCOC1. The molecule has 1 N–H and O–H groups in total. The summed E-state index contributed by atoms with van der Waals surface area (Å²) in [5.74, 6) is 1.78. The van der Waals surface area contributed by atoms with Gasteiger partial charge in [-0.05, 0) is 25.2 Å². The summed E-state index contributed by atoms with van der Waals surface area (Å²) in [5.41, 5.74) is 0. The molecular formula is C15H25N3O2. The van der Waals surface area contributed by atoms with Gasteiger partial charge in [0, 0.05) is 51.5 Å². The van der Waals surface area contributed by atoms with Crippen molar-refractivity contribution in [2.24, 2.45) is 5.92 Å². The highest BCUT2D eigenvalue weighted by atomic mass is 16.5. The Morgan fingerprint density at radius 1 is 1.60 bits per heavy atom. The number of hydrogen-bond donors (Lipinski definition) is 1. The van der Waals surface area contributed by atoms with Crippen LogP contribution >= 0.6 is 0 Å². The van der Waals surface area contributed by atoms with Gasteiger partial charge in [-0.2, -0.15) is 0 Å². The van der Waals surface area contributed by atoms with Gasteiger partial charge < -0.3 is 14.6 Å². The monoisotopic (exact) mass is 279 g/mol. The number of rotatable bonds is 7. The van der Waals surface area contributed by atoms with E-state index in [4.69, 9.17) is 4.74 Å². The summed E-state index contributed by atoms with van der Waals surface area (Å²) < 4.78 is 7.49. The van der Waals surface area contributed by atoms with E-state index >= 15 is 0 Å². The molecule has 1 aromatic rings. The lowest BCUT2D eigenvalue weighted by molar-refractivity contribution is -0.121. The average molecular weight is 279 g/mol. The fourth-order valence-electron chi connectivity index (χ4n) is 2.62. The molecular weight excluding hydrogens is 254 g/mol. The van der Waals surface area contributed by atoms with Crippen molar-refractivity contribution in [1.29, 1.82) is 0 Å². The molecule has 0 unspecified atom stereocenters. The van der Waals surface area contributed by atoms with Gasteiger partial charge in [-0.25, -0.2) is 4.98 Å². The van der Waals surface area contributed by atoms with Crippen molar-refractivity contribution in [2.45, 2.75) is 45.6 Å². The van der Waals surface area contributed by atoms with Crippen molar-refractivity contribution in [2.75, 3.05) is 19.8 Å². The molecule has 1 saturated heterocycles. The highest BCUT2D eigenvalue weighted by Crippen LogP contribution is 2.16. The average Bonchev–Trinajstić information content (AvgIpc) is 2.94. The fraction of sp³-hybridized carbons (Fsp3) is 0.733. The minimum absolute atomic E-state index is 0.123. The first-order valence-corrected chi connectivity index (χ1v) is 7.64. The van der Waals surface area contributed by atoms with E-state index in [1.165, 1.54) is 6.42 Å². The van der Waals surface area contributed by atoms with Crippen LogP contribution in [0, 0.1) is 5.92 Å². The molecule has 0 saturated carbocycles. The highest BCUT2D eigenvalue weighted by molar-refractivity contribution is 5.75. The third-order valence-corrected chi connectivity index (χ3v) is 3.83. The standard InChI is InChI=1S/C15H25N3O2/c1-2-14-16-8-10-18(14)9-6-15(19)17-7-5-13-4-3-11-20-12-13/h8,10,13H,2-7,9,11-12H2,1H3,(H,17,19)/t13-/m0/s1. The summed E-state index contributed by atoms with van der Waals surface area (Å²) in [6.07, 6.45) is 8.55. The van der Waals surface area contributed by atoms with Gasteiger partial charge in [0.05, 0.1) is 0 Å². The van der Waals surface area contributed by atoms with Crippen molar-refractivity contribution in [3.05, 3.63) is 18.2 Å². The zero-order chi connectivity index (χ0) is 14.2. The summed E-state index contributed by atoms with van der Waals surface area (Å²) in [6.45, 7) is 5.29. The molecule has 5 nitrogen and oxygen atoms in total. The van der Waals surface area contributed by atoms with Crippen molar-refractivity contribution in [3.63, 3.8) is 0 Å². The highest BCUT2D eigenvalue weighted by Gasteiger charge is 2.13. The van der Waals surface area contributed by atoms with E-state index in [1.807, 2.05) is 6.20 Å². The number of imidazole rings is 1. The zero-order valence-electron chi connectivity index (χ0n) is 12.3. The molecule has 0 aliphatic carbocycles. The van der Waals surface area contributed by atoms with Gasteiger partial charge in [-0.15, -0.1) is 0 Å². The largest absolute Gasteiger partial charge is 0.381 e. The molecule has 0 radical (unpaired) electrons. The van der Waals surface area contributed by atoms with Crippen LogP contribution in [-0.4, -0.2) is 35.2 Å². The minimum Gasteiger partial charge on any atom is -0.381 e. The number of carbonyl (C=O) groups is 1. The first-order valence-electron chi connectivity index (χ1n) is 7.64. The molecule has 0 bridgehead atoms. The Balaban J connectivity index is 1.60. The lowest BCUT2D eigenvalue weighted by Crippen LogP contribution is -2.28. The lowest BCUT2D eigenvalue weighted by atomic mass is 9.99. The van der Waals surface area contributed by atoms with Crippen LogP contribution in [0.1, 0.15) is 38.4 Å².